The van der Waals surface area contributed by atoms with E-state index >= 15 is 0 Å². The number of nitrogens with zero attached hydrogens (tertiary/aromatic N) is 1. The van der Waals surface area contributed by atoms with E-state index in [1.807, 2.05) is 48.7 Å². The minimum atomic E-state index is -0.138. The number of carbonyl (C=O) groups excluding carboxylic acids is 2. The second-order valence-corrected chi connectivity index (χ2v) is 6.39. The van der Waals surface area contributed by atoms with E-state index in [1.165, 1.54) is 5.56 Å². The number of nitrogens with one attached hydrogen (secondary N) is 2. The summed E-state index contributed by atoms with van der Waals surface area (Å²) in [5, 5.41) is 7.69. The molecule has 0 unspecified atom stereocenters. The lowest BCUT2D eigenvalue weighted by atomic mass is 10.3. The summed E-state index contributed by atoms with van der Waals surface area (Å²) in [5.74, 6) is -0.228. The molecule has 0 atom stereocenters. The van der Waals surface area contributed by atoms with Gasteiger partial charge in [0.05, 0.1) is 19.6 Å². The lowest BCUT2D eigenvalue weighted by Crippen LogP contribution is -2.38. The van der Waals surface area contributed by atoms with Crippen LogP contribution >= 0.6 is 11.3 Å². The lowest BCUT2D eigenvalue weighted by Gasteiger charge is -2.16. The van der Waals surface area contributed by atoms with E-state index in [-0.39, 0.29) is 24.9 Å². The summed E-state index contributed by atoms with van der Waals surface area (Å²) < 4.78 is 0. The number of benzene rings is 1. The maximum atomic E-state index is 11.9. The highest BCUT2D eigenvalue weighted by molar-refractivity contribution is 7.10. The van der Waals surface area contributed by atoms with E-state index < -0.39 is 0 Å². The number of aryl methyl sites for hydroxylation is 1. The number of carbonyl (C=O) groups is 2. The minimum absolute atomic E-state index is 0.0900. The second kappa shape index (κ2) is 8.45. The molecule has 2 rings (SSSR count). The Bertz CT molecular complexity index is 655. The molecule has 2 aromatic rings. The number of thiophene rings is 1. The van der Waals surface area contributed by atoms with Crippen LogP contribution in [-0.4, -0.2) is 36.9 Å². The Hall–Kier alpha value is -2.18. The van der Waals surface area contributed by atoms with Crippen LogP contribution in [-0.2, 0) is 16.1 Å². The molecule has 0 fully saturated rings. The van der Waals surface area contributed by atoms with Gasteiger partial charge >= 0.3 is 0 Å². The van der Waals surface area contributed by atoms with Gasteiger partial charge in [-0.3, -0.25) is 14.5 Å². The van der Waals surface area contributed by atoms with E-state index in [0.29, 0.717) is 6.54 Å². The Kier molecular flexibility index (Phi) is 6.31. The van der Waals surface area contributed by atoms with Crippen molar-refractivity contribution in [1.82, 2.24) is 10.2 Å². The summed E-state index contributed by atoms with van der Waals surface area (Å²) >= 11 is 1.63. The smallest absolute Gasteiger partial charge is 0.238 e. The molecule has 0 bridgehead atoms. The fraction of sp³-hybridized carbons (Fsp3) is 0.294. The first kappa shape index (κ1) is 17.2. The van der Waals surface area contributed by atoms with E-state index in [4.69, 9.17) is 0 Å². The van der Waals surface area contributed by atoms with E-state index in [9.17, 15) is 9.59 Å². The molecule has 0 saturated carbocycles. The van der Waals surface area contributed by atoms with Crippen molar-refractivity contribution in [2.45, 2.75) is 13.5 Å². The first-order valence-electron chi connectivity index (χ1n) is 7.37. The number of likely N-dealkylation sites (N-methyl/N-ethyl adjacent to an activating group) is 1. The topological polar surface area (TPSA) is 61.4 Å². The van der Waals surface area contributed by atoms with Gasteiger partial charge in [0.2, 0.25) is 11.8 Å². The van der Waals surface area contributed by atoms with Crippen LogP contribution < -0.4 is 10.6 Å². The molecular formula is C17H21N3O2S. The van der Waals surface area contributed by atoms with Crippen molar-refractivity contribution in [2.75, 3.05) is 25.5 Å². The average Bonchev–Trinajstić information content (AvgIpc) is 2.91. The third-order valence-electron chi connectivity index (χ3n) is 3.30. The molecule has 2 amide bonds. The number of rotatable bonds is 7. The fourth-order valence-electron chi connectivity index (χ4n) is 2.09. The monoisotopic (exact) mass is 331 g/mol. The van der Waals surface area contributed by atoms with Crippen LogP contribution in [0.3, 0.4) is 0 Å². The van der Waals surface area contributed by atoms with E-state index in [0.717, 1.165) is 10.6 Å². The predicted octanol–water partition coefficient (Wildman–Crippen LogP) is 2.24. The average molecular weight is 331 g/mol. The van der Waals surface area contributed by atoms with Crippen LogP contribution in [0.5, 0.6) is 0 Å². The second-order valence-electron chi connectivity index (χ2n) is 5.39. The van der Waals surface area contributed by atoms with Gasteiger partial charge in [-0.05, 0) is 43.1 Å². The summed E-state index contributed by atoms with van der Waals surface area (Å²) in [7, 11) is 1.75. The number of anilines is 1. The van der Waals surface area contributed by atoms with Gasteiger partial charge in [-0.1, -0.05) is 18.2 Å². The van der Waals surface area contributed by atoms with Crippen LogP contribution in [0.25, 0.3) is 0 Å². The molecule has 23 heavy (non-hydrogen) atoms. The van der Waals surface area contributed by atoms with E-state index in [2.05, 4.69) is 10.6 Å². The van der Waals surface area contributed by atoms with Gasteiger partial charge < -0.3 is 10.6 Å². The molecule has 1 aromatic heterocycles. The van der Waals surface area contributed by atoms with Gasteiger partial charge in [0.1, 0.15) is 0 Å². The van der Waals surface area contributed by atoms with Crippen molar-refractivity contribution in [3.8, 4) is 0 Å². The van der Waals surface area contributed by atoms with Gasteiger partial charge in [0.15, 0.2) is 0 Å². The Morgan fingerprint density at radius 3 is 2.43 bits per heavy atom. The molecule has 0 aliphatic carbocycles. The zero-order valence-corrected chi connectivity index (χ0v) is 14.2. The molecule has 0 aliphatic rings. The molecule has 0 spiro atoms. The van der Waals surface area contributed by atoms with Gasteiger partial charge in [-0.2, -0.15) is 0 Å². The van der Waals surface area contributed by atoms with Crippen LogP contribution in [0.2, 0.25) is 0 Å². The fourth-order valence-corrected chi connectivity index (χ4v) is 2.93. The molecule has 1 heterocycles. The summed E-state index contributed by atoms with van der Waals surface area (Å²) in [6.45, 7) is 2.91. The normalized spacial score (nSPS) is 10.6. The lowest BCUT2D eigenvalue weighted by molar-refractivity contribution is -0.123. The first-order valence-corrected chi connectivity index (χ1v) is 8.25. The van der Waals surface area contributed by atoms with Crippen molar-refractivity contribution in [3.05, 3.63) is 52.2 Å². The summed E-state index contributed by atoms with van der Waals surface area (Å²) in [6.07, 6.45) is 0. The Morgan fingerprint density at radius 2 is 1.78 bits per heavy atom. The molecule has 0 radical (unpaired) electrons. The standard InChI is InChI=1S/C17H21N3O2S/c1-13-8-9-23-15(13)10-18-16(21)11-20(2)12-17(22)19-14-6-4-3-5-7-14/h3-9H,10-12H2,1-2H3,(H,18,21)(H,19,22). The number of hydrogen-bond acceptors (Lipinski definition) is 4. The number of para-hydroxylation sites is 1. The van der Waals surface area contributed by atoms with Crippen LogP contribution in [0.1, 0.15) is 10.4 Å². The summed E-state index contributed by atoms with van der Waals surface area (Å²) in [6, 6.07) is 11.3. The van der Waals surface area contributed by atoms with Crippen molar-refractivity contribution >= 4 is 28.8 Å². The van der Waals surface area contributed by atoms with E-state index in [1.54, 1.807) is 23.3 Å². The maximum Gasteiger partial charge on any atom is 0.238 e. The highest BCUT2D eigenvalue weighted by Crippen LogP contribution is 2.14. The molecule has 6 heteroatoms. The van der Waals surface area contributed by atoms with Crippen molar-refractivity contribution < 1.29 is 9.59 Å². The van der Waals surface area contributed by atoms with Gasteiger partial charge in [0, 0.05) is 10.6 Å². The molecule has 122 valence electrons. The van der Waals surface area contributed by atoms with Crippen molar-refractivity contribution in [1.29, 1.82) is 0 Å². The third kappa shape index (κ3) is 5.84. The Balaban J connectivity index is 1.71. The zero-order chi connectivity index (χ0) is 16.7. The third-order valence-corrected chi connectivity index (χ3v) is 4.32. The number of amides is 2. The minimum Gasteiger partial charge on any atom is -0.350 e. The summed E-state index contributed by atoms with van der Waals surface area (Å²) in [5.41, 5.74) is 1.94. The van der Waals surface area contributed by atoms with Crippen LogP contribution in [0.4, 0.5) is 5.69 Å². The molecule has 0 saturated heterocycles. The largest absolute Gasteiger partial charge is 0.350 e. The number of hydrogen-bond donors (Lipinski definition) is 2. The zero-order valence-electron chi connectivity index (χ0n) is 13.3. The molecule has 5 nitrogen and oxygen atoms in total. The quantitative estimate of drug-likeness (QED) is 0.818. The SMILES string of the molecule is Cc1ccsc1CNC(=O)CN(C)CC(=O)Nc1ccccc1. The highest BCUT2D eigenvalue weighted by atomic mass is 32.1. The molecule has 1 aromatic carbocycles. The highest BCUT2D eigenvalue weighted by Gasteiger charge is 2.11. The van der Waals surface area contributed by atoms with Crippen LogP contribution in [0.15, 0.2) is 41.8 Å². The van der Waals surface area contributed by atoms with Crippen molar-refractivity contribution in [2.24, 2.45) is 0 Å². The first-order chi connectivity index (χ1) is 11.0. The Morgan fingerprint density at radius 1 is 1.09 bits per heavy atom. The van der Waals surface area contributed by atoms with Gasteiger partial charge in [-0.25, -0.2) is 0 Å². The van der Waals surface area contributed by atoms with Gasteiger partial charge in [0.25, 0.3) is 0 Å². The molecular weight excluding hydrogens is 310 g/mol. The molecule has 2 N–H and O–H groups in total. The summed E-state index contributed by atoms with van der Waals surface area (Å²) in [4.78, 5) is 26.7. The Labute approximate surface area is 140 Å². The van der Waals surface area contributed by atoms with Crippen molar-refractivity contribution in [3.63, 3.8) is 0 Å². The van der Waals surface area contributed by atoms with Gasteiger partial charge in [-0.15, -0.1) is 11.3 Å². The molecule has 0 aliphatic heterocycles. The predicted molar refractivity (Wildman–Crippen MR) is 93.5 cm³/mol. The maximum absolute atomic E-state index is 11.9. The van der Waals surface area contributed by atoms with Crippen LogP contribution in [0, 0.1) is 6.92 Å².